The van der Waals surface area contributed by atoms with Gasteiger partial charge >= 0.3 is 0 Å². The smallest absolute Gasteiger partial charge is 0.167 e. The Balaban J connectivity index is 0.994. The van der Waals surface area contributed by atoms with Crippen molar-refractivity contribution >= 4 is 75.3 Å². The number of rotatable bonds is 5. The number of benzene rings is 8. The van der Waals surface area contributed by atoms with E-state index in [4.69, 9.17) is 19.4 Å². The van der Waals surface area contributed by atoms with E-state index in [0.717, 1.165) is 49.9 Å². The fraction of sp³-hybridized carbons (Fsp3) is 0. The Hall–Kier alpha value is -7.41. The lowest BCUT2D eigenvalue weighted by molar-refractivity contribution is 0.669. The topological polar surface area (TPSA) is 56.7 Å². The molecule has 12 rings (SSSR count). The van der Waals surface area contributed by atoms with Crippen molar-refractivity contribution in [2.24, 2.45) is 0 Å². The average molecular weight is 747 g/mol. The van der Waals surface area contributed by atoms with Gasteiger partial charge in [0.15, 0.2) is 17.5 Å². The number of hydrogen-bond acceptors (Lipinski definition) is 5. The minimum absolute atomic E-state index is 0.572. The lowest BCUT2D eigenvalue weighted by Crippen LogP contribution is -2.00. The van der Waals surface area contributed by atoms with Gasteiger partial charge in [0.1, 0.15) is 11.2 Å². The molecular weight excluding hydrogens is 717 g/mol. The Morgan fingerprint density at radius 2 is 1.00 bits per heavy atom. The van der Waals surface area contributed by atoms with Gasteiger partial charge in [-0.1, -0.05) is 133 Å². The van der Waals surface area contributed by atoms with Gasteiger partial charge in [-0.3, -0.25) is 0 Å². The van der Waals surface area contributed by atoms with E-state index in [9.17, 15) is 0 Å². The maximum absolute atomic E-state index is 6.80. The highest BCUT2D eigenvalue weighted by Gasteiger charge is 2.20. The summed E-state index contributed by atoms with van der Waals surface area (Å²) in [6, 6.07) is 63.8. The Morgan fingerprint density at radius 1 is 0.404 bits per heavy atom. The number of fused-ring (bicyclic) bond motifs is 9. The van der Waals surface area contributed by atoms with E-state index in [0.29, 0.717) is 17.5 Å². The summed E-state index contributed by atoms with van der Waals surface area (Å²) >= 11 is 1.84. The van der Waals surface area contributed by atoms with Crippen molar-refractivity contribution in [3.05, 3.63) is 182 Å². The Bertz CT molecular complexity index is 3420. The van der Waals surface area contributed by atoms with E-state index in [1.807, 2.05) is 78.1 Å². The van der Waals surface area contributed by atoms with Crippen LogP contribution in [-0.2, 0) is 0 Å². The number of aromatic nitrogens is 4. The molecule has 266 valence electrons. The van der Waals surface area contributed by atoms with E-state index in [2.05, 4.69) is 120 Å². The summed E-state index contributed by atoms with van der Waals surface area (Å²) in [4.78, 5) is 14.9. The van der Waals surface area contributed by atoms with E-state index in [1.165, 1.54) is 47.5 Å². The molecular formula is C51H30N4OS. The molecule has 0 atom stereocenters. The monoisotopic (exact) mass is 746 g/mol. The first kappa shape index (κ1) is 31.9. The van der Waals surface area contributed by atoms with Crippen LogP contribution in [0.15, 0.2) is 186 Å². The van der Waals surface area contributed by atoms with Crippen LogP contribution in [-0.4, -0.2) is 19.5 Å². The van der Waals surface area contributed by atoms with Crippen molar-refractivity contribution in [2.45, 2.75) is 0 Å². The van der Waals surface area contributed by atoms with Gasteiger partial charge in [-0.15, -0.1) is 11.3 Å². The molecule has 4 aromatic heterocycles. The second kappa shape index (κ2) is 12.6. The molecule has 6 heteroatoms. The molecule has 0 aliphatic rings. The van der Waals surface area contributed by atoms with Crippen molar-refractivity contribution in [1.29, 1.82) is 0 Å². The second-order valence-corrected chi connectivity index (χ2v) is 15.4. The lowest BCUT2D eigenvalue weighted by Gasteiger charge is -2.09. The second-order valence-electron chi connectivity index (χ2n) is 14.4. The standard InChI is InChI=1S/C51H30N4OS/c1-3-13-31(14-4-1)49-52-50(32-15-5-2-6-16-32)54-51(53-49)41-21-11-20-39-38-27-25-33(29-44(38)56-48(39)41)35-19-12-24-45-47(35)40-28-26-34(30-46(40)57-45)55-42-22-9-7-17-36(42)37-18-8-10-23-43(37)55/h1-30H. The zero-order valence-corrected chi connectivity index (χ0v) is 31.2. The van der Waals surface area contributed by atoms with Crippen molar-refractivity contribution < 1.29 is 4.42 Å². The highest BCUT2D eigenvalue weighted by Crippen LogP contribution is 2.44. The zero-order chi connectivity index (χ0) is 37.5. The van der Waals surface area contributed by atoms with Gasteiger partial charge in [-0.25, -0.2) is 15.0 Å². The molecule has 0 spiro atoms. The molecule has 8 aromatic carbocycles. The van der Waals surface area contributed by atoms with Crippen molar-refractivity contribution in [3.8, 4) is 51.0 Å². The Labute approximate surface area is 330 Å². The lowest BCUT2D eigenvalue weighted by atomic mass is 9.98. The highest BCUT2D eigenvalue weighted by atomic mass is 32.1. The third-order valence-electron chi connectivity index (χ3n) is 11.1. The quantitative estimate of drug-likeness (QED) is 0.176. The number of furan rings is 1. The van der Waals surface area contributed by atoms with Gasteiger partial charge in [0.25, 0.3) is 0 Å². The molecule has 4 heterocycles. The van der Waals surface area contributed by atoms with Gasteiger partial charge in [-0.2, -0.15) is 0 Å². The Kier molecular flexibility index (Phi) is 7.03. The van der Waals surface area contributed by atoms with Gasteiger partial charge in [-0.05, 0) is 59.7 Å². The van der Waals surface area contributed by atoms with Crippen LogP contribution in [0.3, 0.4) is 0 Å². The summed E-state index contributed by atoms with van der Waals surface area (Å²) in [7, 11) is 0. The predicted octanol–water partition coefficient (Wildman–Crippen LogP) is 13.9. The minimum atomic E-state index is 0.572. The van der Waals surface area contributed by atoms with Crippen LogP contribution in [0.25, 0.3) is 115 Å². The average Bonchev–Trinajstić information content (AvgIpc) is 3.96. The van der Waals surface area contributed by atoms with Gasteiger partial charge in [0, 0.05) is 58.5 Å². The molecule has 57 heavy (non-hydrogen) atoms. The normalized spacial score (nSPS) is 11.9. The van der Waals surface area contributed by atoms with Crippen molar-refractivity contribution in [3.63, 3.8) is 0 Å². The molecule has 0 fully saturated rings. The van der Waals surface area contributed by atoms with Crippen LogP contribution in [0, 0.1) is 0 Å². The molecule has 0 unspecified atom stereocenters. The molecule has 0 N–H and O–H groups in total. The molecule has 0 saturated carbocycles. The fourth-order valence-corrected chi connectivity index (χ4v) is 9.63. The summed E-state index contributed by atoms with van der Waals surface area (Å²) < 4.78 is 11.7. The first-order valence-corrected chi connectivity index (χ1v) is 19.8. The fourth-order valence-electron chi connectivity index (χ4n) is 8.47. The molecule has 0 saturated heterocycles. The maximum atomic E-state index is 6.80. The first-order chi connectivity index (χ1) is 28.2. The van der Waals surface area contributed by atoms with E-state index < -0.39 is 0 Å². The van der Waals surface area contributed by atoms with E-state index in [-0.39, 0.29) is 0 Å². The third kappa shape index (κ3) is 5.04. The SMILES string of the molecule is c1ccc(-c2nc(-c3ccccc3)nc(-c3cccc4c3oc3cc(-c5cccc6sc7cc(-n8c9ccccc9c9ccccc98)ccc7c56)ccc34)n2)cc1. The van der Waals surface area contributed by atoms with Crippen LogP contribution in [0.5, 0.6) is 0 Å². The highest BCUT2D eigenvalue weighted by molar-refractivity contribution is 7.26. The largest absolute Gasteiger partial charge is 0.455 e. The van der Waals surface area contributed by atoms with Crippen LogP contribution in [0.4, 0.5) is 0 Å². The van der Waals surface area contributed by atoms with E-state index in [1.54, 1.807) is 0 Å². The van der Waals surface area contributed by atoms with Gasteiger partial charge in [0.2, 0.25) is 0 Å². The van der Waals surface area contributed by atoms with Crippen LogP contribution >= 0.6 is 11.3 Å². The molecule has 0 aliphatic carbocycles. The van der Waals surface area contributed by atoms with Gasteiger partial charge < -0.3 is 8.98 Å². The summed E-state index contributed by atoms with van der Waals surface area (Å²) in [6.07, 6.45) is 0. The summed E-state index contributed by atoms with van der Waals surface area (Å²) in [5.41, 5.74) is 10.1. The van der Waals surface area contributed by atoms with Crippen LogP contribution in [0.1, 0.15) is 0 Å². The zero-order valence-electron chi connectivity index (χ0n) is 30.4. The molecule has 0 bridgehead atoms. The number of thiophene rings is 1. The minimum Gasteiger partial charge on any atom is -0.455 e. The molecule has 12 aromatic rings. The van der Waals surface area contributed by atoms with Crippen LogP contribution < -0.4 is 0 Å². The Morgan fingerprint density at radius 3 is 1.72 bits per heavy atom. The maximum Gasteiger partial charge on any atom is 0.167 e. The molecule has 0 radical (unpaired) electrons. The summed E-state index contributed by atoms with van der Waals surface area (Å²) in [5, 5.41) is 7.11. The summed E-state index contributed by atoms with van der Waals surface area (Å²) in [6.45, 7) is 0. The third-order valence-corrected chi connectivity index (χ3v) is 12.2. The number of hydrogen-bond donors (Lipinski definition) is 0. The number of para-hydroxylation sites is 3. The summed E-state index contributed by atoms with van der Waals surface area (Å²) in [5.74, 6) is 1.81. The molecule has 5 nitrogen and oxygen atoms in total. The molecule has 0 amide bonds. The predicted molar refractivity (Wildman–Crippen MR) is 236 cm³/mol. The van der Waals surface area contributed by atoms with Crippen LogP contribution in [0.2, 0.25) is 0 Å². The van der Waals surface area contributed by atoms with Gasteiger partial charge in [0.05, 0.1) is 16.6 Å². The van der Waals surface area contributed by atoms with E-state index >= 15 is 0 Å². The number of nitrogens with zero attached hydrogens (tertiary/aromatic N) is 4. The first-order valence-electron chi connectivity index (χ1n) is 19.0. The molecule has 0 aliphatic heterocycles. The van der Waals surface area contributed by atoms with Crippen molar-refractivity contribution in [1.82, 2.24) is 19.5 Å². The van der Waals surface area contributed by atoms with Crippen molar-refractivity contribution in [2.75, 3.05) is 0 Å².